The van der Waals surface area contributed by atoms with Gasteiger partial charge in [-0.05, 0) is 95.2 Å². The van der Waals surface area contributed by atoms with Crippen molar-refractivity contribution in [2.75, 3.05) is 25.1 Å². The van der Waals surface area contributed by atoms with Gasteiger partial charge in [0, 0.05) is 36.9 Å². The van der Waals surface area contributed by atoms with E-state index in [-0.39, 0.29) is 18.6 Å². The van der Waals surface area contributed by atoms with Gasteiger partial charge >= 0.3 is 0 Å². The normalized spacial score (nSPS) is 13.5. The minimum atomic E-state index is -0.286. The van der Waals surface area contributed by atoms with Crippen LogP contribution < -0.4 is 10.6 Å². The lowest BCUT2D eigenvalue weighted by Gasteiger charge is -2.18. The molecule has 2 rings (SSSR count). The molecule has 0 aliphatic rings. The van der Waals surface area contributed by atoms with Crippen LogP contribution in [0.3, 0.4) is 0 Å². The molecule has 0 heterocycles. The molecule has 1 unspecified atom stereocenters. The van der Waals surface area contributed by atoms with Gasteiger partial charge in [-0.2, -0.15) is 0 Å². The molecule has 0 saturated carbocycles. The van der Waals surface area contributed by atoms with E-state index in [9.17, 15) is 9.90 Å². The highest BCUT2D eigenvalue weighted by atomic mass is 16.5. The summed E-state index contributed by atoms with van der Waals surface area (Å²) in [5.74, 6) is 0.425. The number of benzene rings is 2. The fourth-order valence-corrected chi connectivity index (χ4v) is 3.96. The van der Waals surface area contributed by atoms with E-state index in [1.807, 2.05) is 52.1 Å². The molecule has 3 N–H and O–H groups in total. The van der Waals surface area contributed by atoms with Crippen molar-refractivity contribution in [2.24, 2.45) is 9.98 Å². The third-order valence-electron chi connectivity index (χ3n) is 6.38. The summed E-state index contributed by atoms with van der Waals surface area (Å²) in [7, 11) is 0. The number of hydrogen-bond acceptors (Lipinski definition) is 5. The first-order chi connectivity index (χ1) is 19.3. The molecule has 7 heteroatoms. The monoisotopic (exact) mass is 546 g/mol. The van der Waals surface area contributed by atoms with E-state index in [2.05, 4.69) is 58.7 Å². The number of amides is 1. The van der Waals surface area contributed by atoms with Crippen LogP contribution in [-0.2, 0) is 4.74 Å². The van der Waals surface area contributed by atoms with Crippen LogP contribution in [0.5, 0.6) is 0 Å². The number of aliphatic imine (C=N–C) groups is 2. The Morgan fingerprint density at radius 1 is 1.05 bits per heavy atom. The fraction of sp³-hybridized carbons (Fsp3) is 0.424. The van der Waals surface area contributed by atoms with E-state index in [1.165, 1.54) is 5.56 Å². The summed E-state index contributed by atoms with van der Waals surface area (Å²) in [6.45, 7) is 13.3. The van der Waals surface area contributed by atoms with Gasteiger partial charge in [0.15, 0.2) is 5.84 Å². The van der Waals surface area contributed by atoms with Crippen molar-refractivity contribution in [3.05, 3.63) is 83.2 Å². The second-order valence-electron chi connectivity index (χ2n) is 9.97. The van der Waals surface area contributed by atoms with Gasteiger partial charge in [0.1, 0.15) is 0 Å². The van der Waals surface area contributed by atoms with E-state index in [0.29, 0.717) is 24.4 Å². The molecule has 40 heavy (non-hydrogen) atoms. The molecular weight excluding hydrogens is 500 g/mol. The van der Waals surface area contributed by atoms with Crippen molar-refractivity contribution in [1.29, 1.82) is 0 Å². The molecule has 0 bridgehead atoms. The van der Waals surface area contributed by atoms with Gasteiger partial charge in [0.05, 0.1) is 18.4 Å². The van der Waals surface area contributed by atoms with E-state index in [4.69, 9.17) is 4.74 Å². The van der Waals surface area contributed by atoms with E-state index >= 15 is 0 Å². The molecular formula is C33H46N4O3. The highest BCUT2D eigenvalue weighted by molar-refractivity contribution is 6.45. The number of carbonyl (C=O) groups excluding carboxylic acids is 1. The summed E-state index contributed by atoms with van der Waals surface area (Å²) < 4.78 is 5.51. The number of unbranched alkanes of at least 4 members (excludes halogenated alkanes) is 1. The third kappa shape index (κ3) is 11.3. The molecule has 0 fully saturated rings. The molecule has 216 valence electrons. The van der Waals surface area contributed by atoms with Gasteiger partial charge < -0.3 is 20.5 Å². The highest BCUT2D eigenvalue weighted by Crippen LogP contribution is 2.17. The van der Waals surface area contributed by atoms with Crippen LogP contribution >= 0.6 is 0 Å². The van der Waals surface area contributed by atoms with Gasteiger partial charge in [0.25, 0.3) is 5.91 Å². The summed E-state index contributed by atoms with van der Waals surface area (Å²) in [4.78, 5) is 22.1. The number of aryl methyl sites for hydroxylation is 2. The van der Waals surface area contributed by atoms with Gasteiger partial charge in [-0.15, -0.1) is 0 Å². The zero-order valence-electron chi connectivity index (χ0n) is 25.0. The number of aliphatic hydroxyl groups excluding tert-OH is 1. The lowest BCUT2D eigenvalue weighted by molar-refractivity contribution is 0.0908. The maximum absolute atomic E-state index is 13.0. The Morgan fingerprint density at radius 2 is 1.80 bits per heavy atom. The Kier molecular flexibility index (Phi) is 14.6. The number of aliphatic hydroxyl groups is 1. The second-order valence-corrected chi connectivity index (χ2v) is 9.97. The Balaban J connectivity index is 2.08. The Bertz CT molecular complexity index is 1200. The number of anilines is 1. The molecule has 0 spiro atoms. The van der Waals surface area contributed by atoms with E-state index in [0.717, 1.165) is 54.0 Å². The summed E-state index contributed by atoms with van der Waals surface area (Å²) in [5, 5.41) is 16.1. The molecule has 0 saturated heterocycles. The molecule has 0 aliphatic carbocycles. The van der Waals surface area contributed by atoms with Crippen LogP contribution in [0.1, 0.15) is 80.4 Å². The number of carbonyl (C=O) groups is 1. The molecule has 0 aromatic heterocycles. The average molecular weight is 547 g/mol. The number of hydrogen-bond donors (Lipinski definition) is 3. The predicted octanol–water partition coefficient (Wildman–Crippen LogP) is 6.86. The summed E-state index contributed by atoms with van der Waals surface area (Å²) in [6, 6.07) is 13.6. The van der Waals surface area contributed by atoms with Crippen molar-refractivity contribution in [1.82, 2.24) is 5.32 Å². The molecule has 0 radical (unpaired) electrons. The fourth-order valence-electron chi connectivity index (χ4n) is 3.96. The molecule has 2 aromatic rings. The largest absolute Gasteiger partial charge is 0.394 e. The Labute approximate surface area is 240 Å². The molecule has 7 nitrogen and oxygen atoms in total. The van der Waals surface area contributed by atoms with Crippen molar-refractivity contribution < 1.29 is 14.6 Å². The molecule has 1 atom stereocenters. The Morgan fingerprint density at radius 3 is 2.45 bits per heavy atom. The number of amidine groups is 1. The Hall–Kier alpha value is -3.55. The first-order valence-corrected chi connectivity index (χ1v) is 14.1. The van der Waals surface area contributed by atoms with E-state index < -0.39 is 0 Å². The number of allylic oxidation sites excluding steroid dienone is 2. The molecule has 2 aromatic carbocycles. The minimum Gasteiger partial charge on any atom is -0.394 e. The predicted molar refractivity (Wildman–Crippen MR) is 168 cm³/mol. The minimum absolute atomic E-state index is 0.0958. The van der Waals surface area contributed by atoms with Crippen molar-refractivity contribution in [2.45, 2.75) is 73.3 Å². The summed E-state index contributed by atoms with van der Waals surface area (Å²) in [6.07, 6.45) is 8.93. The van der Waals surface area contributed by atoms with Crippen LogP contribution in [0.2, 0.25) is 0 Å². The lowest BCUT2D eigenvalue weighted by atomic mass is 10.1. The van der Waals surface area contributed by atoms with Crippen LogP contribution in [0.15, 0.2) is 70.9 Å². The zero-order chi connectivity index (χ0) is 29.3. The first-order valence-electron chi connectivity index (χ1n) is 14.1. The number of nitrogens with zero attached hydrogens (tertiary/aromatic N) is 2. The van der Waals surface area contributed by atoms with Crippen LogP contribution in [0, 0.1) is 13.8 Å². The van der Waals surface area contributed by atoms with Crippen molar-refractivity contribution in [3.8, 4) is 0 Å². The second kappa shape index (κ2) is 17.9. The lowest BCUT2D eigenvalue weighted by Crippen LogP contribution is -2.37. The molecule has 0 aliphatic heterocycles. The highest BCUT2D eigenvalue weighted by Gasteiger charge is 2.15. The van der Waals surface area contributed by atoms with Gasteiger partial charge in [-0.1, -0.05) is 42.8 Å². The van der Waals surface area contributed by atoms with Crippen LogP contribution in [0.25, 0.3) is 5.57 Å². The number of nitrogens with one attached hydrogen (secondary N) is 2. The van der Waals surface area contributed by atoms with Gasteiger partial charge in [-0.25, -0.2) is 4.99 Å². The van der Waals surface area contributed by atoms with Crippen molar-refractivity contribution >= 4 is 28.7 Å². The summed E-state index contributed by atoms with van der Waals surface area (Å²) in [5.41, 5.74) is 6.33. The van der Waals surface area contributed by atoms with Crippen LogP contribution in [0.4, 0.5) is 5.69 Å². The molecule has 1 amide bonds. The van der Waals surface area contributed by atoms with Gasteiger partial charge in [0.2, 0.25) is 0 Å². The number of ether oxygens (including phenoxy) is 1. The zero-order valence-corrected chi connectivity index (χ0v) is 25.0. The standard InChI is InChI=1S/C33H46N4O3/c1-7-18-34-32(27(6)35-22-26(5)28-14-12-24(3)13-15-28)36-29-16-17-31(25(4)21-29)33(39)37-30(23-38)11-9-10-20-40-19-8-2/h7,12-18,21-22,30,38H,8-11,19-20,23H2,1-6H3,(H,34,36)(H,37,39)/b18-7-,26-22+,35-27?. The number of rotatable bonds is 15. The third-order valence-corrected chi connectivity index (χ3v) is 6.38. The summed E-state index contributed by atoms with van der Waals surface area (Å²) >= 11 is 0. The SMILES string of the molecule is C/C=C\N=C(Nc1ccc(C(=O)NC(CO)CCCCOCCC)c(C)c1)C(C)=N/C=C(\C)c1ccc(C)cc1. The smallest absolute Gasteiger partial charge is 0.251 e. The van der Waals surface area contributed by atoms with E-state index in [1.54, 1.807) is 12.3 Å². The topological polar surface area (TPSA) is 95.3 Å². The van der Waals surface area contributed by atoms with Crippen molar-refractivity contribution in [3.63, 3.8) is 0 Å². The van der Waals surface area contributed by atoms with Gasteiger partial charge in [-0.3, -0.25) is 9.79 Å². The first kappa shape index (κ1) is 32.7. The quantitative estimate of drug-likeness (QED) is 0.129. The van der Waals surface area contributed by atoms with Crippen LogP contribution in [-0.4, -0.2) is 48.4 Å². The maximum Gasteiger partial charge on any atom is 0.251 e. The average Bonchev–Trinajstić information content (AvgIpc) is 2.95. The maximum atomic E-state index is 13.0.